The Balaban J connectivity index is 0.00000128. The van der Waals surface area contributed by atoms with Crippen LogP contribution in [0.3, 0.4) is 0 Å². The normalized spacial score (nSPS) is 13.7. The van der Waals surface area contributed by atoms with E-state index in [1.165, 1.54) is 22.9 Å². The van der Waals surface area contributed by atoms with E-state index in [0.717, 1.165) is 63.3 Å². The molecule has 2 aromatic heterocycles. The monoisotopic (exact) mass is 592 g/mol. The number of hydrogen-bond acceptors (Lipinski definition) is 3. The molecule has 1 aliphatic carbocycles. The van der Waals surface area contributed by atoms with Crippen LogP contribution in [-0.4, -0.2) is 21.6 Å². The van der Waals surface area contributed by atoms with Crippen LogP contribution >= 0.6 is 0 Å². The van der Waals surface area contributed by atoms with Crippen LogP contribution in [0, 0.1) is 0 Å². The Hall–Kier alpha value is -4.96. The lowest BCUT2D eigenvalue weighted by Gasteiger charge is -2.16. The molecule has 45 heavy (non-hydrogen) atoms. The van der Waals surface area contributed by atoms with E-state index in [-0.39, 0.29) is 6.04 Å². The van der Waals surface area contributed by atoms with Gasteiger partial charge in [-0.15, -0.1) is 0 Å². The Morgan fingerprint density at radius 2 is 1.73 bits per heavy atom. The van der Waals surface area contributed by atoms with Crippen molar-refractivity contribution in [2.45, 2.75) is 53.0 Å². The second-order valence-corrected chi connectivity index (χ2v) is 11.3. The van der Waals surface area contributed by atoms with Crippen LogP contribution in [-0.2, 0) is 0 Å². The van der Waals surface area contributed by atoms with Crippen molar-refractivity contribution in [3.8, 4) is 11.3 Å². The summed E-state index contributed by atoms with van der Waals surface area (Å²) in [6.45, 7) is 12.7. The number of aromatic nitrogens is 3. The van der Waals surface area contributed by atoms with E-state index in [4.69, 9.17) is 9.97 Å². The number of allylic oxidation sites excluding steroid dienone is 6. The summed E-state index contributed by atoms with van der Waals surface area (Å²) in [4.78, 5) is 10.3. The second kappa shape index (κ2) is 14.7. The zero-order chi connectivity index (χ0) is 31.8. The van der Waals surface area contributed by atoms with E-state index in [0.29, 0.717) is 0 Å². The Kier molecular flexibility index (Phi) is 10.3. The molecule has 5 aromatic rings. The van der Waals surface area contributed by atoms with Crippen molar-refractivity contribution in [2.75, 3.05) is 12.4 Å². The van der Waals surface area contributed by atoms with Crippen LogP contribution in [0.15, 0.2) is 104 Å². The fourth-order valence-electron chi connectivity index (χ4n) is 5.99. The first-order valence-electron chi connectivity index (χ1n) is 16.1. The molecule has 0 saturated heterocycles. The number of rotatable bonds is 8. The van der Waals surface area contributed by atoms with E-state index in [1.54, 1.807) is 0 Å². The van der Waals surface area contributed by atoms with Gasteiger partial charge in [-0.05, 0) is 56.5 Å². The number of fused-ring (bicyclic) bond motifs is 2. The third kappa shape index (κ3) is 6.46. The maximum Gasteiger partial charge on any atom is 0.160 e. The molecule has 3 aromatic carbocycles. The quantitative estimate of drug-likeness (QED) is 0.195. The molecule has 1 atom stereocenters. The number of nitrogens with zero attached hydrogens (tertiary/aromatic N) is 3. The van der Waals surface area contributed by atoms with E-state index in [9.17, 15) is 0 Å². The van der Waals surface area contributed by atoms with Gasteiger partial charge in [0.25, 0.3) is 0 Å². The molecule has 0 fully saturated rings. The minimum Gasteiger partial charge on any atom is -0.388 e. The highest BCUT2D eigenvalue weighted by Crippen LogP contribution is 2.36. The molecule has 0 radical (unpaired) electrons. The van der Waals surface area contributed by atoms with Gasteiger partial charge in [0.1, 0.15) is 0 Å². The third-order valence-corrected chi connectivity index (χ3v) is 7.94. The molecule has 0 aliphatic heterocycles. The smallest absolute Gasteiger partial charge is 0.160 e. The molecular weight excluding hydrogens is 548 g/mol. The maximum atomic E-state index is 5.21. The van der Waals surface area contributed by atoms with Crippen LogP contribution < -0.4 is 5.32 Å². The number of benzene rings is 3. The summed E-state index contributed by atoms with van der Waals surface area (Å²) in [6, 6.07) is 23.4. The Morgan fingerprint density at radius 1 is 0.956 bits per heavy atom. The van der Waals surface area contributed by atoms with Crippen LogP contribution in [0.5, 0.6) is 0 Å². The van der Waals surface area contributed by atoms with Crippen LogP contribution in [0.4, 0.5) is 5.69 Å². The Morgan fingerprint density at radius 3 is 2.47 bits per heavy atom. The van der Waals surface area contributed by atoms with Crippen molar-refractivity contribution in [3.63, 3.8) is 0 Å². The Bertz CT molecular complexity index is 1930. The van der Waals surface area contributed by atoms with Gasteiger partial charge in [0, 0.05) is 57.5 Å². The molecular formula is C41H44N4. The molecule has 1 N–H and O–H groups in total. The number of para-hydroxylation sites is 2. The van der Waals surface area contributed by atoms with Gasteiger partial charge < -0.3 is 9.88 Å². The number of anilines is 1. The summed E-state index contributed by atoms with van der Waals surface area (Å²) in [5.74, 6) is 0.764. The molecule has 228 valence electrons. The first-order chi connectivity index (χ1) is 22.1. The summed E-state index contributed by atoms with van der Waals surface area (Å²) >= 11 is 0. The summed E-state index contributed by atoms with van der Waals surface area (Å²) in [5, 5.41) is 5.64. The predicted molar refractivity (Wildman–Crippen MR) is 197 cm³/mol. The first kappa shape index (κ1) is 31.5. The van der Waals surface area contributed by atoms with Gasteiger partial charge in [-0.25, -0.2) is 9.97 Å². The van der Waals surface area contributed by atoms with Gasteiger partial charge >= 0.3 is 0 Å². The molecule has 1 aliphatic rings. The van der Waals surface area contributed by atoms with Crippen LogP contribution in [0.2, 0.25) is 0 Å². The highest BCUT2D eigenvalue weighted by atomic mass is 15.0. The van der Waals surface area contributed by atoms with Gasteiger partial charge in [0.05, 0.1) is 11.2 Å². The molecule has 4 heteroatoms. The van der Waals surface area contributed by atoms with Crippen molar-refractivity contribution >= 4 is 51.3 Å². The SMILES string of the molecule is C=Cc1c(/C=C\C)c2ccccc2n1C(C)/C=C\c1cccc2nc(C3=CCCC=C3)nc(-c3ccccc3NC)c12.CCC. The van der Waals surface area contributed by atoms with E-state index in [2.05, 4.69) is 153 Å². The average Bonchev–Trinajstić information content (AvgIpc) is 3.40. The topological polar surface area (TPSA) is 42.7 Å². The van der Waals surface area contributed by atoms with Crippen molar-refractivity contribution in [1.29, 1.82) is 0 Å². The lowest BCUT2D eigenvalue weighted by Crippen LogP contribution is -2.04. The molecule has 0 amide bonds. The highest BCUT2D eigenvalue weighted by molar-refractivity contribution is 6.01. The van der Waals surface area contributed by atoms with Gasteiger partial charge in [-0.3, -0.25) is 0 Å². The van der Waals surface area contributed by atoms with Crippen molar-refractivity contribution in [1.82, 2.24) is 14.5 Å². The lowest BCUT2D eigenvalue weighted by atomic mass is 9.98. The van der Waals surface area contributed by atoms with Crippen molar-refractivity contribution in [2.24, 2.45) is 0 Å². The van der Waals surface area contributed by atoms with E-state index in [1.807, 2.05) is 13.1 Å². The zero-order valence-electron chi connectivity index (χ0n) is 27.2. The van der Waals surface area contributed by atoms with Crippen LogP contribution in [0.1, 0.15) is 75.6 Å². The first-order valence-corrected chi connectivity index (χ1v) is 16.1. The largest absolute Gasteiger partial charge is 0.388 e. The molecule has 0 saturated carbocycles. The minimum absolute atomic E-state index is 0.0860. The predicted octanol–water partition coefficient (Wildman–Crippen LogP) is 11.4. The zero-order valence-corrected chi connectivity index (χ0v) is 27.2. The Labute approximate surface area is 268 Å². The standard InChI is InChI=1S/C38H36N4.C3H8/c1-5-15-29-30-19-11-13-23-35(30)42(34(29)6-2)26(3)24-25-27-18-14-22-33-36(27)37(31-20-10-12-21-32(31)39-4)41-38(40-33)28-16-8-7-9-17-28;1-3-2/h5-6,8,10-26,39H,2,7,9H2,1,3-4H3;3H2,1-2H3/b15-5-,25-24-;. The number of nitrogens with one attached hydrogen (secondary N) is 1. The second-order valence-electron chi connectivity index (χ2n) is 11.3. The third-order valence-electron chi connectivity index (χ3n) is 7.94. The van der Waals surface area contributed by atoms with E-state index < -0.39 is 0 Å². The number of hydrogen-bond donors (Lipinski definition) is 1. The summed E-state index contributed by atoms with van der Waals surface area (Å²) in [7, 11) is 1.96. The van der Waals surface area contributed by atoms with Crippen LogP contribution in [0.25, 0.3) is 56.9 Å². The lowest BCUT2D eigenvalue weighted by molar-refractivity contribution is 0.684. The average molecular weight is 593 g/mol. The molecule has 4 nitrogen and oxygen atoms in total. The summed E-state index contributed by atoms with van der Waals surface area (Å²) < 4.78 is 2.37. The van der Waals surface area contributed by atoms with Crippen molar-refractivity contribution in [3.05, 3.63) is 126 Å². The highest BCUT2D eigenvalue weighted by Gasteiger charge is 2.18. The van der Waals surface area contributed by atoms with Gasteiger partial charge in [0.15, 0.2) is 5.82 Å². The molecule has 1 unspecified atom stereocenters. The minimum atomic E-state index is 0.0860. The maximum absolute atomic E-state index is 5.21. The van der Waals surface area contributed by atoms with Gasteiger partial charge in [-0.1, -0.05) is 118 Å². The van der Waals surface area contributed by atoms with Gasteiger partial charge in [-0.2, -0.15) is 0 Å². The fourth-order valence-corrected chi connectivity index (χ4v) is 5.99. The fraction of sp³-hybridized carbons (Fsp3) is 0.220. The van der Waals surface area contributed by atoms with Crippen molar-refractivity contribution < 1.29 is 0 Å². The molecule has 2 heterocycles. The molecule has 6 rings (SSSR count). The van der Waals surface area contributed by atoms with Gasteiger partial charge in [0.2, 0.25) is 0 Å². The molecule has 0 spiro atoms. The van der Waals surface area contributed by atoms with E-state index >= 15 is 0 Å². The molecule has 0 bridgehead atoms. The summed E-state index contributed by atoms with van der Waals surface area (Å²) in [5.41, 5.74) is 9.64. The summed E-state index contributed by atoms with van der Waals surface area (Å²) in [6.07, 6.45) is 20.6.